The molecule has 5 heteroatoms. The fourth-order valence-electron chi connectivity index (χ4n) is 2.40. The molecule has 0 aliphatic rings. The number of benzene rings is 1. The monoisotopic (exact) mass is 274 g/mol. The van der Waals surface area contributed by atoms with Crippen molar-refractivity contribution in [3.63, 3.8) is 0 Å². The zero-order chi connectivity index (χ0) is 14.8. The SMILES string of the molecule is CCN(CC)C(C)(C)C(N)c1ccc(F)c(F)c1F. The van der Waals surface area contributed by atoms with Crippen molar-refractivity contribution in [2.24, 2.45) is 5.73 Å². The van der Waals surface area contributed by atoms with E-state index in [0.29, 0.717) is 0 Å². The quantitative estimate of drug-likeness (QED) is 0.835. The van der Waals surface area contributed by atoms with Gasteiger partial charge in [-0.3, -0.25) is 4.90 Å². The second-order valence-corrected chi connectivity index (χ2v) is 5.07. The van der Waals surface area contributed by atoms with Gasteiger partial charge in [-0.15, -0.1) is 0 Å². The van der Waals surface area contributed by atoms with E-state index in [-0.39, 0.29) is 5.56 Å². The highest BCUT2D eigenvalue weighted by molar-refractivity contribution is 5.26. The van der Waals surface area contributed by atoms with Gasteiger partial charge in [-0.1, -0.05) is 19.9 Å². The molecular formula is C14H21F3N2. The molecule has 19 heavy (non-hydrogen) atoms. The molecule has 0 aliphatic heterocycles. The predicted molar refractivity (Wildman–Crippen MR) is 70.2 cm³/mol. The summed E-state index contributed by atoms with van der Waals surface area (Å²) in [4.78, 5) is 2.05. The molecule has 0 aliphatic carbocycles. The smallest absolute Gasteiger partial charge is 0.194 e. The van der Waals surface area contributed by atoms with E-state index in [0.717, 1.165) is 19.2 Å². The van der Waals surface area contributed by atoms with Gasteiger partial charge in [-0.05, 0) is 33.0 Å². The van der Waals surface area contributed by atoms with Crippen LogP contribution in [-0.4, -0.2) is 23.5 Å². The number of halogens is 3. The Labute approximate surface area is 112 Å². The van der Waals surface area contributed by atoms with Crippen molar-refractivity contribution in [1.82, 2.24) is 4.90 Å². The average molecular weight is 274 g/mol. The van der Waals surface area contributed by atoms with Gasteiger partial charge in [0.25, 0.3) is 0 Å². The Kier molecular flexibility index (Phi) is 4.98. The van der Waals surface area contributed by atoms with Crippen LogP contribution in [-0.2, 0) is 0 Å². The molecule has 1 aromatic carbocycles. The van der Waals surface area contributed by atoms with Crippen LogP contribution in [0.1, 0.15) is 39.3 Å². The predicted octanol–water partition coefficient (Wildman–Crippen LogP) is 3.22. The number of hydrogen-bond acceptors (Lipinski definition) is 2. The van der Waals surface area contributed by atoms with Crippen LogP contribution in [0.4, 0.5) is 13.2 Å². The third-order valence-electron chi connectivity index (χ3n) is 3.74. The number of nitrogens with zero attached hydrogens (tertiary/aromatic N) is 1. The first-order chi connectivity index (χ1) is 8.77. The van der Waals surface area contributed by atoms with Crippen molar-refractivity contribution in [3.05, 3.63) is 35.1 Å². The fraction of sp³-hybridized carbons (Fsp3) is 0.571. The van der Waals surface area contributed by atoms with Gasteiger partial charge in [0.1, 0.15) is 0 Å². The Balaban J connectivity index is 3.19. The van der Waals surface area contributed by atoms with E-state index < -0.39 is 29.0 Å². The van der Waals surface area contributed by atoms with Gasteiger partial charge in [0.2, 0.25) is 0 Å². The van der Waals surface area contributed by atoms with Gasteiger partial charge in [0, 0.05) is 11.1 Å². The molecule has 1 atom stereocenters. The summed E-state index contributed by atoms with van der Waals surface area (Å²) in [6, 6.07) is 1.37. The second kappa shape index (κ2) is 5.92. The van der Waals surface area contributed by atoms with Crippen LogP contribution >= 0.6 is 0 Å². The fourth-order valence-corrected chi connectivity index (χ4v) is 2.40. The van der Waals surface area contributed by atoms with E-state index in [1.165, 1.54) is 6.07 Å². The van der Waals surface area contributed by atoms with Crippen molar-refractivity contribution < 1.29 is 13.2 Å². The van der Waals surface area contributed by atoms with Crippen LogP contribution in [0.25, 0.3) is 0 Å². The topological polar surface area (TPSA) is 29.3 Å². The second-order valence-electron chi connectivity index (χ2n) is 5.07. The maximum Gasteiger partial charge on any atom is 0.194 e. The molecule has 1 aromatic rings. The lowest BCUT2D eigenvalue weighted by atomic mass is 9.87. The van der Waals surface area contributed by atoms with E-state index >= 15 is 0 Å². The largest absolute Gasteiger partial charge is 0.322 e. The number of rotatable bonds is 5. The van der Waals surface area contributed by atoms with Crippen molar-refractivity contribution >= 4 is 0 Å². The Morgan fingerprint density at radius 3 is 2.11 bits per heavy atom. The standard InChI is InChI=1S/C14H21F3N2/c1-5-19(6-2)14(3,4)13(18)9-7-8-10(15)12(17)11(9)16/h7-8,13H,5-6,18H2,1-4H3. The highest BCUT2D eigenvalue weighted by Crippen LogP contribution is 2.31. The summed E-state index contributed by atoms with van der Waals surface area (Å²) in [6.45, 7) is 9.15. The first kappa shape index (κ1) is 16.0. The van der Waals surface area contributed by atoms with Crippen LogP contribution in [0.2, 0.25) is 0 Å². The average Bonchev–Trinajstić information content (AvgIpc) is 2.36. The molecule has 0 bridgehead atoms. The van der Waals surface area contributed by atoms with Crippen LogP contribution in [0.3, 0.4) is 0 Å². The lowest BCUT2D eigenvalue weighted by Crippen LogP contribution is -2.51. The number of likely N-dealkylation sites (N-methyl/N-ethyl adjacent to an activating group) is 1. The summed E-state index contributed by atoms with van der Waals surface area (Å²) in [7, 11) is 0. The minimum Gasteiger partial charge on any atom is -0.322 e. The summed E-state index contributed by atoms with van der Waals surface area (Å²) >= 11 is 0. The van der Waals surface area contributed by atoms with Crippen molar-refractivity contribution in [3.8, 4) is 0 Å². The molecule has 0 fully saturated rings. The van der Waals surface area contributed by atoms with Crippen LogP contribution < -0.4 is 5.73 Å². The van der Waals surface area contributed by atoms with E-state index in [1.54, 1.807) is 0 Å². The summed E-state index contributed by atoms with van der Waals surface area (Å²) in [5.74, 6) is -3.87. The molecule has 0 aromatic heterocycles. The van der Waals surface area contributed by atoms with Gasteiger partial charge in [-0.25, -0.2) is 13.2 Å². The molecule has 0 heterocycles. The van der Waals surface area contributed by atoms with Crippen molar-refractivity contribution in [1.29, 1.82) is 0 Å². The molecule has 1 unspecified atom stereocenters. The van der Waals surface area contributed by atoms with Gasteiger partial charge in [0.15, 0.2) is 17.5 Å². The van der Waals surface area contributed by atoms with Crippen molar-refractivity contribution in [2.75, 3.05) is 13.1 Å². The van der Waals surface area contributed by atoms with E-state index in [9.17, 15) is 13.2 Å². The molecule has 0 saturated carbocycles. The third-order valence-corrected chi connectivity index (χ3v) is 3.74. The number of nitrogens with two attached hydrogens (primary N) is 1. The maximum atomic E-state index is 13.8. The Hall–Kier alpha value is -1.07. The van der Waals surface area contributed by atoms with Gasteiger partial charge < -0.3 is 5.73 Å². The van der Waals surface area contributed by atoms with E-state index in [2.05, 4.69) is 4.90 Å². The Morgan fingerprint density at radius 2 is 1.63 bits per heavy atom. The Morgan fingerprint density at radius 1 is 1.11 bits per heavy atom. The Bertz CT molecular complexity index is 443. The summed E-state index contributed by atoms with van der Waals surface area (Å²) in [5, 5.41) is 0. The summed E-state index contributed by atoms with van der Waals surface area (Å²) in [6.07, 6.45) is 0. The van der Waals surface area contributed by atoms with Crippen LogP contribution in [0, 0.1) is 17.5 Å². The molecule has 2 nitrogen and oxygen atoms in total. The summed E-state index contributed by atoms with van der Waals surface area (Å²) < 4.78 is 40.0. The van der Waals surface area contributed by atoms with Gasteiger partial charge in [0.05, 0.1) is 6.04 Å². The molecule has 0 saturated heterocycles. The minimum atomic E-state index is -1.47. The molecular weight excluding hydrogens is 253 g/mol. The summed E-state index contributed by atoms with van der Waals surface area (Å²) in [5.41, 5.74) is 5.51. The highest BCUT2D eigenvalue weighted by Gasteiger charge is 2.34. The first-order valence-electron chi connectivity index (χ1n) is 6.41. The zero-order valence-electron chi connectivity index (χ0n) is 11.8. The zero-order valence-corrected chi connectivity index (χ0v) is 11.8. The molecule has 0 spiro atoms. The minimum absolute atomic E-state index is 0.00389. The molecule has 0 amide bonds. The molecule has 108 valence electrons. The molecule has 2 N–H and O–H groups in total. The maximum absolute atomic E-state index is 13.8. The van der Waals surface area contributed by atoms with Gasteiger partial charge >= 0.3 is 0 Å². The van der Waals surface area contributed by atoms with Crippen LogP contribution in [0.5, 0.6) is 0 Å². The number of hydrogen-bond donors (Lipinski definition) is 1. The lowest BCUT2D eigenvalue weighted by molar-refractivity contribution is 0.105. The highest BCUT2D eigenvalue weighted by atomic mass is 19.2. The van der Waals surface area contributed by atoms with Crippen LogP contribution in [0.15, 0.2) is 12.1 Å². The van der Waals surface area contributed by atoms with E-state index in [1.807, 2.05) is 27.7 Å². The molecule has 0 radical (unpaired) electrons. The normalized spacial score (nSPS) is 13.9. The van der Waals surface area contributed by atoms with E-state index in [4.69, 9.17) is 5.73 Å². The molecule has 1 rings (SSSR count). The first-order valence-corrected chi connectivity index (χ1v) is 6.41. The van der Waals surface area contributed by atoms with Crippen molar-refractivity contribution in [2.45, 2.75) is 39.3 Å². The third kappa shape index (κ3) is 2.92. The van der Waals surface area contributed by atoms with Gasteiger partial charge in [-0.2, -0.15) is 0 Å². The lowest BCUT2D eigenvalue weighted by Gasteiger charge is -2.42.